The van der Waals surface area contributed by atoms with Gasteiger partial charge in [0.05, 0.1) is 6.61 Å². The normalized spacial score (nSPS) is 39.1. The van der Waals surface area contributed by atoms with Gasteiger partial charge in [-0.05, 0) is 70.4 Å². The molecule has 0 amide bonds. The summed E-state index contributed by atoms with van der Waals surface area (Å²) >= 11 is 0. The van der Waals surface area contributed by atoms with E-state index >= 15 is 0 Å². The Morgan fingerprint density at radius 1 is 1.10 bits per heavy atom. The number of aliphatic hydroxyl groups is 1. The molecule has 21 heavy (non-hydrogen) atoms. The average molecular weight is 294 g/mol. The SMILES string of the molecule is CCNC1(CO)CCCC(N2CCCC2C2CCCC2)C1. The number of nitrogens with one attached hydrogen (secondary N) is 1. The van der Waals surface area contributed by atoms with Crippen molar-refractivity contribution in [2.75, 3.05) is 19.7 Å². The minimum Gasteiger partial charge on any atom is -0.394 e. The number of rotatable bonds is 5. The van der Waals surface area contributed by atoms with Gasteiger partial charge in [-0.15, -0.1) is 0 Å². The van der Waals surface area contributed by atoms with Crippen LogP contribution in [0.1, 0.15) is 71.1 Å². The summed E-state index contributed by atoms with van der Waals surface area (Å²) in [6.07, 6.45) is 13.6. The lowest BCUT2D eigenvalue weighted by Crippen LogP contribution is -2.56. The van der Waals surface area contributed by atoms with Crippen molar-refractivity contribution in [1.29, 1.82) is 0 Å². The van der Waals surface area contributed by atoms with Crippen molar-refractivity contribution in [1.82, 2.24) is 10.2 Å². The van der Waals surface area contributed by atoms with E-state index in [1.165, 1.54) is 57.9 Å². The lowest BCUT2D eigenvalue weighted by Gasteiger charge is -2.46. The zero-order valence-electron chi connectivity index (χ0n) is 13.8. The van der Waals surface area contributed by atoms with E-state index in [2.05, 4.69) is 17.1 Å². The molecule has 3 aliphatic rings. The number of hydrogen-bond acceptors (Lipinski definition) is 3. The van der Waals surface area contributed by atoms with E-state index in [1.807, 2.05) is 0 Å². The van der Waals surface area contributed by atoms with Gasteiger partial charge in [0.2, 0.25) is 0 Å². The van der Waals surface area contributed by atoms with E-state index in [1.54, 1.807) is 0 Å². The predicted molar refractivity (Wildman–Crippen MR) is 87.4 cm³/mol. The molecule has 3 nitrogen and oxygen atoms in total. The Labute approximate surface area is 130 Å². The van der Waals surface area contributed by atoms with E-state index in [9.17, 15) is 5.11 Å². The first-order chi connectivity index (χ1) is 10.3. The molecule has 2 N–H and O–H groups in total. The summed E-state index contributed by atoms with van der Waals surface area (Å²) in [5.41, 5.74) is 0.000479. The lowest BCUT2D eigenvalue weighted by molar-refractivity contribution is 0.0426. The first kappa shape index (κ1) is 15.8. The molecular weight excluding hydrogens is 260 g/mol. The Bertz CT molecular complexity index is 325. The minimum absolute atomic E-state index is 0.000479. The van der Waals surface area contributed by atoms with Gasteiger partial charge in [-0.1, -0.05) is 19.8 Å². The second-order valence-corrected chi connectivity index (χ2v) is 7.71. The fourth-order valence-corrected chi connectivity index (χ4v) is 5.47. The van der Waals surface area contributed by atoms with E-state index in [0.717, 1.165) is 31.3 Å². The Hall–Kier alpha value is -0.120. The monoisotopic (exact) mass is 294 g/mol. The molecule has 1 aliphatic heterocycles. The van der Waals surface area contributed by atoms with Crippen LogP contribution in [0.25, 0.3) is 0 Å². The Balaban J connectivity index is 1.67. The number of aliphatic hydroxyl groups excluding tert-OH is 1. The van der Waals surface area contributed by atoms with E-state index in [4.69, 9.17) is 0 Å². The summed E-state index contributed by atoms with van der Waals surface area (Å²) in [7, 11) is 0. The van der Waals surface area contributed by atoms with Crippen molar-refractivity contribution >= 4 is 0 Å². The van der Waals surface area contributed by atoms with Crippen molar-refractivity contribution in [3.63, 3.8) is 0 Å². The summed E-state index contributed by atoms with van der Waals surface area (Å²) in [6.45, 7) is 4.75. The van der Waals surface area contributed by atoms with Crippen molar-refractivity contribution in [3.05, 3.63) is 0 Å². The molecule has 3 atom stereocenters. The molecule has 0 aromatic carbocycles. The van der Waals surface area contributed by atoms with Crippen LogP contribution in [0.15, 0.2) is 0 Å². The molecular formula is C18H34N2O. The molecule has 1 heterocycles. The molecule has 1 saturated heterocycles. The lowest BCUT2D eigenvalue weighted by atomic mass is 9.78. The van der Waals surface area contributed by atoms with Crippen molar-refractivity contribution in [3.8, 4) is 0 Å². The highest BCUT2D eigenvalue weighted by atomic mass is 16.3. The maximum Gasteiger partial charge on any atom is 0.0613 e. The first-order valence-corrected chi connectivity index (χ1v) is 9.39. The van der Waals surface area contributed by atoms with Gasteiger partial charge >= 0.3 is 0 Å². The third-order valence-corrected chi connectivity index (χ3v) is 6.43. The summed E-state index contributed by atoms with van der Waals surface area (Å²) in [6, 6.07) is 1.56. The summed E-state index contributed by atoms with van der Waals surface area (Å²) in [5, 5.41) is 13.5. The zero-order chi connectivity index (χ0) is 14.7. The standard InChI is InChI=1S/C18H34N2O/c1-2-19-18(14-21)11-5-9-16(13-18)20-12-6-10-17(20)15-7-3-4-8-15/h15-17,19,21H,2-14H2,1H3. The average Bonchev–Trinajstić information content (AvgIpc) is 3.18. The van der Waals surface area contributed by atoms with Crippen LogP contribution in [0.4, 0.5) is 0 Å². The number of nitrogens with zero attached hydrogens (tertiary/aromatic N) is 1. The largest absolute Gasteiger partial charge is 0.394 e. The van der Waals surface area contributed by atoms with Crippen LogP contribution >= 0.6 is 0 Å². The number of likely N-dealkylation sites (N-methyl/N-ethyl adjacent to an activating group) is 1. The van der Waals surface area contributed by atoms with Gasteiger partial charge in [0, 0.05) is 17.6 Å². The molecule has 2 aliphatic carbocycles. The molecule has 3 fully saturated rings. The Morgan fingerprint density at radius 3 is 2.62 bits per heavy atom. The summed E-state index contributed by atoms with van der Waals surface area (Å²) < 4.78 is 0. The molecule has 0 aromatic rings. The minimum atomic E-state index is 0.000479. The molecule has 0 bridgehead atoms. The number of hydrogen-bond donors (Lipinski definition) is 2. The van der Waals surface area contributed by atoms with E-state index in [0.29, 0.717) is 12.6 Å². The molecule has 0 radical (unpaired) electrons. The molecule has 122 valence electrons. The van der Waals surface area contributed by atoms with E-state index < -0.39 is 0 Å². The molecule has 0 spiro atoms. The van der Waals surface area contributed by atoms with Gasteiger partial charge in [0.15, 0.2) is 0 Å². The van der Waals surface area contributed by atoms with Gasteiger partial charge < -0.3 is 10.4 Å². The molecule has 2 saturated carbocycles. The highest BCUT2D eigenvalue weighted by Crippen LogP contribution is 2.40. The predicted octanol–water partition coefficient (Wildman–Crippen LogP) is 2.92. The van der Waals surface area contributed by atoms with E-state index in [-0.39, 0.29) is 5.54 Å². The zero-order valence-corrected chi connectivity index (χ0v) is 13.8. The van der Waals surface area contributed by atoms with Crippen LogP contribution in [0.5, 0.6) is 0 Å². The van der Waals surface area contributed by atoms with Crippen LogP contribution in [0.2, 0.25) is 0 Å². The van der Waals surface area contributed by atoms with Crippen LogP contribution in [0.3, 0.4) is 0 Å². The maximum atomic E-state index is 9.93. The second-order valence-electron chi connectivity index (χ2n) is 7.71. The van der Waals surface area contributed by atoms with Crippen molar-refractivity contribution in [2.45, 2.75) is 88.8 Å². The smallest absolute Gasteiger partial charge is 0.0613 e. The van der Waals surface area contributed by atoms with Crippen molar-refractivity contribution in [2.24, 2.45) is 5.92 Å². The quantitative estimate of drug-likeness (QED) is 0.818. The fourth-order valence-electron chi connectivity index (χ4n) is 5.47. The van der Waals surface area contributed by atoms with Crippen LogP contribution < -0.4 is 5.32 Å². The number of likely N-dealkylation sites (tertiary alicyclic amines) is 1. The molecule has 3 heteroatoms. The summed E-state index contributed by atoms with van der Waals surface area (Å²) in [5.74, 6) is 0.970. The third kappa shape index (κ3) is 3.30. The van der Waals surface area contributed by atoms with Crippen LogP contribution in [0, 0.1) is 5.92 Å². The van der Waals surface area contributed by atoms with Gasteiger partial charge in [0.1, 0.15) is 0 Å². The summed E-state index contributed by atoms with van der Waals surface area (Å²) in [4.78, 5) is 2.86. The topological polar surface area (TPSA) is 35.5 Å². The van der Waals surface area contributed by atoms with Gasteiger partial charge in [-0.3, -0.25) is 4.90 Å². The van der Waals surface area contributed by atoms with Crippen LogP contribution in [-0.2, 0) is 0 Å². The van der Waals surface area contributed by atoms with Crippen LogP contribution in [-0.4, -0.2) is 47.3 Å². The van der Waals surface area contributed by atoms with Crippen molar-refractivity contribution < 1.29 is 5.11 Å². The fraction of sp³-hybridized carbons (Fsp3) is 1.00. The maximum absolute atomic E-state index is 9.93. The molecule has 3 rings (SSSR count). The third-order valence-electron chi connectivity index (χ3n) is 6.43. The Kier molecular flexibility index (Phi) is 5.23. The highest BCUT2D eigenvalue weighted by Gasteiger charge is 2.42. The van der Waals surface area contributed by atoms with Gasteiger partial charge in [-0.25, -0.2) is 0 Å². The highest BCUT2D eigenvalue weighted by molar-refractivity contribution is 4.99. The second kappa shape index (κ2) is 6.97. The molecule has 3 unspecified atom stereocenters. The molecule has 0 aromatic heterocycles. The van der Waals surface area contributed by atoms with Gasteiger partial charge in [-0.2, -0.15) is 0 Å². The first-order valence-electron chi connectivity index (χ1n) is 9.39. The Morgan fingerprint density at radius 2 is 1.90 bits per heavy atom. The van der Waals surface area contributed by atoms with Gasteiger partial charge in [0.25, 0.3) is 0 Å².